The Labute approximate surface area is 118 Å². The number of aryl methyl sites for hydroxylation is 1. The molecule has 2 aromatic rings. The van der Waals surface area contributed by atoms with Gasteiger partial charge in [-0.05, 0) is 17.7 Å². The Morgan fingerprint density at radius 1 is 1.15 bits per heavy atom. The van der Waals surface area contributed by atoms with E-state index < -0.39 is 0 Å². The number of nitrogen functional groups attached to an aromatic ring is 1. The minimum absolute atomic E-state index is 0.480. The molecule has 0 atom stereocenters. The molecule has 2 rings (SSSR count). The van der Waals surface area contributed by atoms with Crippen LogP contribution in [0.3, 0.4) is 0 Å². The molecule has 0 aliphatic heterocycles. The monoisotopic (exact) mass is 277 g/mol. The number of ether oxygens (including phenoxy) is 3. The molecule has 20 heavy (non-hydrogen) atoms. The van der Waals surface area contributed by atoms with Gasteiger partial charge in [-0.1, -0.05) is 0 Å². The van der Waals surface area contributed by atoms with Gasteiger partial charge in [0, 0.05) is 25.3 Å². The van der Waals surface area contributed by atoms with Crippen molar-refractivity contribution in [1.82, 2.24) is 9.78 Å². The van der Waals surface area contributed by atoms with Gasteiger partial charge in [-0.2, -0.15) is 5.10 Å². The number of nitrogens with zero attached hydrogens (tertiary/aromatic N) is 2. The van der Waals surface area contributed by atoms with Crippen LogP contribution in [0.5, 0.6) is 11.5 Å². The maximum atomic E-state index is 6.05. The smallest absolute Gasteiger partial charge is 0.168 e. The number of nitrogens with two attached hydrogens (primary N) is 1. The third-order valence-corrected chi connectivity index (χ3v) is 3.12. The van der Waals surface area contributed by atoms with Gasteiger partial charge < -0.3 is 19.9 Å². The van der Waals surface area contributed by atoms with Gasteiger partial charge in [-0.25, -0.2) is 0 Å². The van der Waals surface area contributed by atoms with Gasteiger partial charge in [-0.15, -0.1) is 0 Å². The van der Waals surface area contributed by atoms with E-state index >= 15 is 0 Å². The minimum Gasteiger partial charge on any atom is -0.493 e. The Kier molecular flexibility index (Phi) is 4.14. The van der Waals surface area contributed by atoms with Gasteiger partial charge in [0.15, 0.2) is 11.5 Å². The molecule has 0 saturated heterocycles. The Morgan fingerprint density at radius 2 is 1.90 bits per heavy atom. The number of hydrogen-bond acceptors (Lipinski definition) is 5. The molecule has 2 N–H and O–H groups in total. The molecule has 0 saturated carbocycles. The van der Waals surface area contributed by atoms with Crippen molar-refractivity contribution < 1.29 is 14.2 Å². The molecule has 0 aliphatic carbocycles. The molecule has 1 heterocycles. The second-order valence-corrected chi connectivity index (χ2v) is 4.38. The lowest BCUT2D eigenvalue weighted by Crippen LogP contribution is -2.00. The summed E-state index contributed by atoms with van der Waals surface area (Å²) in [5.41, 5.74) is 8.67. The molecule has 0 bridgehead atoms. The number of benzene rings is 1. The van der Waals surface area contributed by atoms with Gasteiger partial charge in [0.05, 0.1) is 27.0 Å². The fourth-order valence-corrected chi connectivity index (χ4v) is 2.13. The summed E-state index contributed by atoms with van der Waals surface area (Å²) in [6.45, 7) is 0.480. The molecule has 0 fully saturated rings. The molecule has 0 unspecified atom stereocenters. The molecule has 0 aliphatic rings. The van der Waals surface area contributed by atoms with E-state index in [0.29, 0.717) is 23.9 Å². The largest absolute Gasteiger partial charge is 0.493 e. The Balaban J connectivity index is 2.65. The summed E-state index contributed by atoms with van der Waals surface area (Å²) in [5, 5.41) is 4.16. The Hall–Kier alpha value is -2.21. The average Bonchev–Trinajstić information content (AvgIpc) is 2.78. The highest BCUT2D eigenvalue weighted by Gasteiger charge is 2.18. The molecular weight excluding hydrogens is 258 g/mol. The zero-order chi connectivity index (χ0) is 14.7. The predicted molar refractivity (Wildman–Crippen MR) is 76.9 cm³/mol. The van der Waals surface area contributed by atoms with E-state index in [1.165, 1.54) is 0 Å². The van der Waals surface area contributed by atoms with E-state index in [1.54, 1.807) is 39.3 Å². The fourth-order valence-electron chi connectivity index (χ4n) is 2.13. The maximum Gasteiger partial charge on any atom is 0.168 e. The van der Waals surface area contributed by atoms with Crippen LogP contribution in [0.4, 0.5) is 5.82 Å². The lowest BCUT2D eigenvalue weighted by atomic mass is 10.0. The first-order valence-corrected chi connectivity index (χ1v) is 6.14. The van der Waals surface area contributed by atoms with Crippen LogP contribution in [0.1, 0.15) is 5.56 Å². The highest BCUT2D eigenvalue weighted by atomic mass is 16.5. The normalized spacial score (nSPS) is 10.6. The third kappa shape index (κ3) is 2.42. The van der Waals surface area contributed by atoms with Crippen LogP contribution < -0.4 is 15.2 Å². The number of anilines is 1. The molecule has 0 amide bonds. The summed E-state index contributed by atoms with van der Waals surface area (Å²) >= 11 is 0. The zero-order valence-corrected chi connectivity index (χ0v) is 12.1. The minimum atomic E-state index is 0.480. The number of aromatic nitrogens is 2. The molecular formula is C14H19N3O3. The Morgan fingerprint density at radius 3 is 2.40 bits per heavy atom. The van der Waals surface area contributed by atoms with E-state index in [-0.39, 0.29) is 0 Å². The number of hydrogen-bond donors (Lipinski definition) is 1. The van der Waals surface area contributed by atoms with Crippen molar-refractivity contribution in [2.45, 2.75) is 6.61 Å². The van der Waals surface area contributed by atoms with Gasteiger partial charge in [0.25, 0.3) is 0 Å². The van der Waals surface area contributed by atoms with Crippen LogP contribution in [-0.4, -0.2) is 31.1 Å². The third-order valence-electron chi connectivity index (χ3n) is 3.12. The van der Waals surface area contributed by atoms with Gasteiger partial charge >= 0.3 is 0 Å². The number of methoxy groups -OCH3 is 3. The second kappa shape index (κ2) is 5.83. The van der Waals surface area contributed by atoms with Crippen molar-refractivity contribution in [3.63, 3.8) is 0 Å². The van der Waals surface area contributed by atoms with E-state index in [9.17, 15) is 0 Å². The first-order valence-electron chi connectivity index (χ1n) is 6.14. The number of rotatable bonds is 5. The van der Waals surface area contributed by atoms with Crippen molar-refractivity contribution in [3.05, 3.63) is 23.9 Å². The highest BCUT2D eigenvalue weighted by molar-refractivity contribution is 5.81. The molecule has 1 aromatic carbocycles. The molecule has 108 valence electrons. The summed E-state index contributed by atoms with van der Waals surface area (Å²) in [7, 11) is 6.64. The molecule has 6 nitrogen and oxygen atoms in total. The summed E-state index contributed by atoms with van der Waals surface area (Å²) in [5.74, 6) is 1.84. The van der Waals surface area contributed by atoms with Crippen LogP contribution in [0.2, 0.25) is 0 Å². The van der Waals surface area contributed by atoms with Crippen molar-refractivity contribution in [2.24, 2.45) is 7.05 Å². The average molecular weight is 277 g/mol. The fraction of sp³-hybridized carbons (Fsp3) is 0.357. The first-order chi connectivity index (χ1) is 9.62. The summed E-state index contributed by atoms with van der Waals surface area (Å²) < 4.78 is 17.6. The second-order valence-electron chi connectivity index (χ2n) is 4.38. The van der Waals surface area contributed by atoms with E-state index in [4.69, 9.17) is 19.9 Å². The lowest BCUT2D eigenvalue weighted by Gasteiger charge is -2.14. The van der Waals surface area contributed by atoms with Gasteiger partial charge in [0.1, 0.15) is 5.82 Å². The summed E-state index contributed by atoms with van der Waals surface area (Å²) in [4.78, 5) is 0. The lowest BCUT2D eigenvalue weighted by molar-refractivity contribution is 0.184. The summed E-state index contributed by atoms with van der Waals surface area (Å²) in [6, 6.07) is 3.86. The van der Waals surface area contributed by atoms with Crippen molar-refractivity contribution in [1.29, 1.82) is 0 Å². The first kappa shape index (κ1) is 14.2. The maximum absolute atomic E-state index is 6.05. The van der Waals surface area contributed by atoms with Crippen LogP contribution >= 0.6 is 0 Å². The highest BCUT2D eigenvalue weighted by Crippen LogP contribution is 2.41. The van der Waals surface area contributed by atoms with Gasteiger partial charge in [0.2, 0.25) is 0 Å². The predicted octanol–water partition coefficient (Wildman–Crippen LogP) is 1.83. The van der Waals surface area contributed by atoms with Crippen LogP contribution in [-0.2, 0) is 18.4 Å². The van der Waals surface area contributed by atoms with Crippen LogP contribution in [0, 0.1) is 0 Å². The van der Waals surface area contributed by atoms with Crippen molar-refractivity contribution >= 4 is 5.82 Å². The standard InChI is InChI=1S/C14H19N3O3/c1-17-14(15)11(7-16-17)10-5-9(8-18-2)6-12(19-3)13(10)20-4/h5-7H,8,15H2,1-4H3. The molecule has 1 aromatic heterocycles. The van der Waals surface area contributed by atoms with Crippen molar-refractivity contribution in [3.8, 4) is 22.6 Å². The molecule has 6 heteroatoms. The zero-order valence-electron chi connectivity index (χ0n) is 12.1. The SMILES string of the molecule is COCc1cc(OC)c(OC)c(-c2cnn(C)c2N)c1. The summed E-state index contributed by atoms with van der Waals surface area (Å²) in [6.07, 6.45) is 1.71. The quantitative estimate of drug-likeness (QED) is 0.902. The van der Waals surface area contributed by atoms with Gasteiger partial charge in [-0.3, -0.25) is 4.68 Å². The molecule has 0 spiro atoms. The topological polar surface area (TPSA) is 71.5 Å². The Bertz CT molecular complexity index is 608. The van der Waals surface area contributed by atoms with E-state index in [2.05, 4.69) is 5.10 Å². The van der Waals surface area contributed by atoms with E-state index in [1.807, 2.05) is 12.1 Å². The molecule has 0 radical (unpaired) electrons. The van der Waals surface area contributed by atoms with Crippen LogP contribution in [0.15, 0.2) is 18.3 Å². The van der Waals surface area contributed by atoms with Crippen LogP contribution in [0.25, 0.3) is 11.1 Å². The van der Waals surface area contributed by atoms with Crippen molar-refractivity contribution in [2.75, 3.05) is 27.1 Å². The van der Waals surface area contributed by atoms with E-state index in [0.717, 1.165) is 16.7 Å².